The van der Waals surface area contributed by atoms with E-state index in [1.807, 2.05) is 0 Å². The van der Waals surface area contributed by atoms with Gasteiger partial charge in [-0.15, -0.1) is 0 Å². The zero-order valence-corrected chi connectivity index (χ0v) is 47.5. The Morgan fingerprint density at radius 1 is 0.446 bits per heavy atom. The van der Waals surface area contributed by atoms with Crippen molar-refractivity contribution in [3.05, 3.63) is 0 Å². The van der Waals surface area contributed by atoms with Crippen LogP contribution in [-0.2, 0) is 56.8 Å². The van der Waals surface area contributed by atoms with Crippen LogP contribution < -0.4 is 0 Å². The van der Waals surface area contributed by atoms with E-state index in [-0.39, 0.29) is 23.0 Å². The Labute approximate surface area is 481 Å². The Bertz CT molecular complexity index is 2140. The van der Waals surface area contributed by atoms with Crippen LogP contribution in [0.25, 0.3) is 0 Å². The van der Waals surface area contributed by atoms with Crippen LogP contribution in [0.5, 0.6) is 0 Å². The van der Waals surface area contributed by atoms with Gasteiger partial charge in [-0.05, 0) is 104 Å². The van der Waals surface area contributed by atoms with Crippen LogP contribution >= 0.6 is 0 Å². The SMILES string of the molecule is C[C@@H]1CC[C@@]2(OC1)O[C@H]1C[C@H]3[C@@H]4CC[C@H]5C[C@@H](O[C@@H]6O[C@H](CO)[C@H](O[C@@H]7O[C@H](CO)[C@@H](O)[C@H](O[C@@H]8OC[C@@H](O)[C@H](O)[C@H]8O)[C@H]7O[C@@H]7O[C@H](CO)[C@@H](O)[C@H](O[C@@H]8O[C@H](CO)[C@@H](O)[C@H](O)[C@H]8O)[C@H]7O)[C@H](O)[C@H]6O)CC[C@]5(C)[C@H]4CC[C@]3(C)[C@H]1[C@@H]2C. The standard InChI is InChI=1S/C56H92O27/c1-21-7-12-56(73-19-21)22(2)34-29(83-56)14-27-25-6-5-23-13-24(8-10-54(23,3)26(25)9-11-55(27,34)4)74-50-43(70)40(67)45(33(18-60)78-50)79-53-48(47(38(65)32(17-59)77-53)81-49-41(68)35(62)28(61)20-72-49)82-52-44(71)46(37(64)31(16-58)76-52)80-51-42(69)39(66)36(63)30(15-57)75-51/h21-53,57-71H,5-20H2,1-4H3/t21-,22+,23+,24+,25-,26+,27+,28-,29+,30-,31-,32-,33-,34+,35+,36-,37-,38-,39+,40-,41-,42-,43-,44-,45+,46+,47+,48-,49+,50-,51+,52+,53+,54+,55+,56-/m1/s1. The molecule has 0 amide bonds. The van der Waals surface area contributed by atoms with Crippen molar-refractivity contribution in [2.24, 2.45) is 52.3 Å². The molecule has 36 atom stereocenters. The van der Waals surface area contributed by atoms with Crippen LogP contribution in [0, 0.1) is 52.3 Å². The molecule has 0 aromatic heterocycles. The highest BCUT2D eigenvalue weighted by molar-refractivity contribution is 5.16. The predicted octanol–water partition coefficient (Wildman–Crippen LogP) is -4.45. The maximum Gasteiger partial charge on any atom is 0.187 e. The number of fused-ring (bicyclic) bond motifs is 7. The largest absolute Gasteiger partial charge is 0.394 e. The van der Waals surface area contributed by atoms with Gasteiger partial charge in [0.1, 0.15) is 116 Å². The van der Waals surface area contributed by atoms with Crippen LogP contribution in [0.3, 0.4) is 0 Å². The number of hydrogen-bond donors (Lipinski definition) is 15. The van der Waals surface area contributed by atoms with Crippen molar-refractivity contribution in [1.82, 2.24) is 0 Å². The fourth-order valence-corrected chi connectivity index (χ4v) is 17.4. The number of rotatable bonds is 14. The molecule has 27 nitrogen and oxygen atoms in total. The van der Waals surface area contributed by atoms with Crippen LogP contribution in [0.15, 0.2) is 0 Å². The molecule has 11 aliphatic rings. The molecule has 11 rings (SSSR count). The van der Waals surface area contributed by atoms with Gasteiger partial charge in [0.2, 0.25) is 0 Å². The van der Waals surface area contributed by atoms with E-state index in [0.29, 0.717) is 54.3 Å². The Morgan fingerprint density at radius 2 is 1.01 bits per heavy atom. The number of ether oxygens (including phenoxy) is 12. The molecule has 83 heavy (non-hydrogen) atoms. The summed E-state index contributed by atoms with van der Waals surface area (Å²) in [5.41, 5.74) is 0.221. The van der Waals surface area contributed by atoms with Crippen molar-refractivity contribution in [2.75, 3.05) is 39.6 Å². The lowest BCUT2D eigenvalue weighted by molar-refractivity contribution is -0.409. The van der Waals surface area contributed by atoms with Crippen molar-refractivity contribution >= 4 is 0 Å². The third-order valence-corrected chi connectivity index (χ3v) is 22.1. The minimum absolute atomic E-state index is 0.0500. The van der Waals surface area contributed by atoms with Crippen molar-refractivity contribution < 1.29 is 133 Å². The zero-order valence-electron chi connectivity index (χ0n) is 47.5. The van der Waals surface area contributed by atoms with Gasteiger partial charge in [0, 0.05) is 12.3 Å². The first-order chi connectivity index (χ1) is 39.5. The molecule has 0 aromatic rings. The Morgan fingerprint density at radius 3 is 1.69 bits per heavy atom. The van der Waals surface area contributed by atoms with E-state index >= 15 is 0 Å². The van der Waals surface area contributed by atoms with Crippen molar-refractivity contribution in [3.8, 4) is 0 Å². The van der Waals surface area contributed by atoms with E-state index in [4.69, 9.17) is 56.8 Å². The molecule has 7 heterocycles. The molecule has 27 heteroatoms. The van der Waals surface area contributed by atoms with Crippen LogP contribution in [-0.4, -0.2) is 282 Å². The molecule has 11 fully saturated rings. The summed E-state index contributed by atoms with van der Waals surface area (Å²) in [6.45, 7) is 6.14. The van der Waals surface area contributed by atoms with Crippen molar-refractivity contribution in [2.45, 2.75) is 257 Å². The quantitative estimate of drug-likeness (QED) is 0.0730. The van der Waals surface area contributed by atoms with Gasteiger partial charge < -0.3 is 133 Å². The first-order valence-corrected chi connectivity index (χ1v) is 30.3. The smallest absolute Gasteiger partial charge is 0.187 e. The molecule has 1 spiro atoms. The van der Waals surface area contributed by atoms with Gasteiger partial charge in [0.25, 0.3) is 0 Å². The fourth-order valence-electron chi connectivity index (χ4n) is 17.4. The molecule has 7 saturated heterocycles. The van der Waals surface area contributed by atoms with Crippen molar-refractivity contribution in [3.63, 3.8) is 0 Å². The molecular weight excluding hydrogens is 1100 g/mol. The number of aliphatic hydroxyl groups is 15. The minimum atomic E-state index is -2.18. The number of aliphatic hydroxyl groups excluding tert-OH is 15. The second kappa shape index (κ2) is 25.0. The predicted molar refractivity (Wildman–Crippen MR) is 275 cm³/mol. The summed E-state index contributed by atoms with van der Waals surface area (Å²) in [4.78, 5) is 0. The lowest BCUT2D eigenvalue weighted by Crippen LogP contribution is -2.69. The average Bonchev–Trinajstić information content (AvgIpc) is 4.01. The summed E-state index contributed by atoms with van der Waals surface area (Å²) >= 11 is 0. The topological polar surface area (TPSA) is 414 Å². The van der Waals surface area contributed by atoms with Crippen LogP contribution in [0.4, 0.5) is 0 Å². The average molecular weight is 1200 g/mol. The highest BCUT2D eigenvalue weighted by Crippen LogP contribution is 2.71. The molecule has 4 saturated carbocycles. The number of hydrogen-bond acceptors (Lipinski definition) is 27. The minimum Gasteiger partial charge on any atom is -0.394 e. The monoisotopic (exact) mass is 1200 g/mol. The zero-order chi connectivity index (χ0) is 59.4. The fraction of sp³-hybridized carbons (Fsp3) is 1.00. The Balaban J connectivity index is 0.784. The maximum absolute atomic E-state index is 12.0. The van der Waals surface area contributed by atoms with Gasteiger partial charge in [-0.2, -0.15) is 0 Å². The molecular formula is C56H92O27. The van der Waals surface area contributed by atoms with Gasteiger partial charge in [0.05, 0.1) is 51.8 Å². The normalized spacial score (nSPS) is 57.4. The summed E-state index contributed by atoms with van der Waals surface area (Å²) in [7, 11) is 0. The van der Waals surface area contributed by atoms with Crippen LogP contribution in [0.2, 0.25) is 0 Å². The van der Waals surface area contributed by atoms with E-state index in [2.05, 4.69) is 27.7 Å². The van der Waals surface area contributed by atoms with Gasteiger partial charge >= 0.3 is 0 Å². The molecule has 4 aliphatic carbocycles. The van der Waals surface area contributed by atoms with Gasteiger partial charge in [-0.25, -0.2) is 0 Å². The lowest BCUT2D eigenvalue weighted by atomic mass is 9.44. The summed E-state index contributed by atoms with van der Waals surface area (Å²) in [6, 6.07) is 0. The van der Waals surface area contributed by atoms with Gasteiger partial charge in [-0.1, -0.05) is 27.7 Å². The Hall–Kier alpha value is -1.08. The van der Waals surface area contributed by atoms with E-state index < -0.39 is 186 Å². The van der Waals surface area contributed by atoms with Crippen LogP contribution in [0.1, 0.15) is 91.9 Å². The third-order valence-electron chi connectivity index (χ3n) is 22.1. The second-order valence-electron chi connectivity index (χ2n) is 26.7. The molecule has 0 bridgehead atoms. The molecule has 15 N–H and O–H groups in total. The van der Waals surface area contributed by atoms with Crippen molar-refractivity contribution in [1.29, 1.82) is 0 Å². The summed E-state index contributed by atoms with van der Waals surface area (Å²) in [5.74, 6) is 2.83. The highest BCUT2D eigenvalue weighted by Gasteiger charge is 2.70. The molecule has 0 radical (unpaired) electrons. The highest BCUT2D eigenvalue weighted by atomic mass is 16.8. The summed E-state index contributed by atoms with van der Waals surface area (Å²) in [5, 5.41) is 164. The molecule has 0 unspecified atom stereocenters. The molecule has 478 valence electrons. The molecule has 0 aromatic carbocycles. The maximum atomic E-state index is 12.0. The molecule has 7 aliphatic heterocycles. The summed E-state index contributed by atoms with van der Waals surface area (Å²) < 4.78 is 73.4. The van der Waals surface area contributed by atoms with E-state index in [1.54, 1.807) is 0 Å². The summed E-state index contributed by atoms with van der Waals surface area (Å²) in [6.07, 6.45) is -34.5. The van der Waals surface area contributed by atoms with E-state index in [1.165, 1.54) is 0 Å². The van der Waals surface area contributed by atoms with E-state index in [9.17, 15) is 76.6 Å². The van der Waals surface area contributed by atoms with Gasteiger partial charge in [-0.3, -0.25) is 0 Å². The second-order valence-corrected chi connectivity index (χ2v) is 26.7. The van der Waals surface area contributed by atoms with E-state index in [0.717, 1.165) is 58.0 Å². The lowest BCUT2D eigenvalue weighted by Gasteiger charge is -2.61. The first-order valence-electron chi connectivity index (χ1n) is 30.3. The Kier molecular flexibility index (Phi) is 19.1. The first kappa shape index (κ1) is 63.5. The third kappa shape index (κ3) is 11.2. The van der Waals surface area contributed by atoms with Gasteiger partial charge in [0.15, 0.2) is 37.2 Å².